The first-order valence-electron chi connectivity index (χ1n) is 18.2. The molecule has 0 aromatic heterocycles. The lowest BCUT2D eigenvalue weighted by Crippen LogP contribution is -2.62. The molecule has 15 nitrogen and oxygen atoms in total. The number of ether oxygens (including phenoxy) is 9. The molecule has 4 heterocycles. The third-order valence-corrected chi connectivity index (χ3v) is 10.9. The molecule has 4 aliphatic heterocycles. The van der Waals surface area contributed by atoms with Gasteiger partial charge in [-0.05, 0) is 52.5 Å². The molecule has 4 aliphatic rings. The summed E-state index contributed by atoms with van der Waals surface area (Å²) in [6.45, 7) is 12.3. The van der Waals surface area contributed by atoms with Crippen LogP contribution in [0.5, 0.6) is 0 Å². The average molecular weight is 743 g/mol. The predicted molar refractivity (Wildman–Crippen MR) is 183 cm³/mol. The molecule has 16 unspecified atom stereocenters. The van der Waals surface area contributed by atoms with Gasteiger partial charge >= 0.3 is 12.1 Å². The van der Waals surface area contributed by atoms with Crippen molar-refractivity contribution in [2.45, 2.75) is 147 Å². The number of allylic oxidation sites excluding steroid dienone is 1. The van der Waals surface area contributed by atoms with Crippen molar-refractivity contribution in [1.82, 2.24) is 0 Å². The number of cyclic esters (lactones) is 2. The van der Waals surface area contributed by atoms with Gasteiger partial charge in [0.15, 0.2) is 24.0 Å². The zero-order valence-electron chi connectivity index (χ0n) is 31.6. The summed E-state index contributed by atoms with van der Waals surface area (Å²) in [5.74, 6) is -2.58. The fourth-order valence-electron chi connectivity index (χ4n) is 7.68. The second-order valence-electron chi connectivity index (χ2n) is 14.9. The molecule has 4 rings (SSSR count). The Labute approximate surface area is 305 Å². The van der Waals surface area contributed by atoms with E-state index in [0.29, 0.717) is 6.42 Å². The van der Waals surface area contributed by atoms with E-state index in [4.69, 9.17) is 42.6 Å². The molecule has 0 saturated carbocycles. The molecule has 52 heavy (non-hydrogen) atoms. The smallest absolute Gasteiger partial charge is 0.459 e. The van der Waals surface area contributed by atoms with Gasteiger partial charge in [0.25, 0.3) is 0 Å². The van der Waals surface area contributed by atoms with Gasteiger partial charge in [-0.1, -0.05) is 32.9 Å². The van der Waals surface area contributed by atoms with Crippen LogP contribution in [0.2, 0.25) is 0 Å². The van der Waals surface area contributed by atoms with Gasteiger partial charge in [-0.3, -0.25) is 4.79 Å². The van der Waals surface area contributed by atoms with Crippen LogP contribution in [0, 0.1) is 23.7 Å². The number of carbonyl (C=O) groups excluding carboxylic acids is 3. The SMILES string of the molecule is COC1C(OC[C@H]2CC(O)/C=C/C(=O)C(C)CC(C)C(OC3OC(C)CC4(OC(=O)OC4C)C3O)C(C)/C=C/C(=O)OC2C)OC(C)C(O)C1OC. The van der Waals surface area contributed by atoms with E-state index in [-0.39, 0.29) is 31.1 Å². The van der Waals surface area contributed by atoms with Crippen LogP contribution in [0.1, 0.15) is 67.7 Å². The van der Waals surface area contributed by atoms with E-state index in [0.717, 1.165) is 0 Å². The van der Waals surface area contributed by atoms with Crippen molar-refractivity contribution in [3.05, 3.63) is 24.3 Å². The van der Waals surface area contributed by atoms with Crippen LogP contribution in [-0.4, -0.2) is 133 Å². The summed E-state index contributed by atoms with van der Waals surface area (Å²) in [5, 5.41) is 33.0. The van der Waals surface area contributed by atoms with Crippen LogP contribution in [0.4, 0.5) is 4.79 Å². The van der Waals surface area contributed by atoms with Crippen molar-refractivity contribution >= 4 is 17.9 Å². The first-order chi connectivity index (χ1) is 24.5. The average Bonchev–Trinajstić information content (AvgIpc) is 3.37. The first kappa shape index (κ1) is 42.3. The van der Waals surface area contributed by atoms with Crippen molar-refractivity contribution in [3.8, 4) is 0 Å². The van der Waals surface area contributed by atoms with Crippen LogP contribution in [-0.2, 0) is 52.2 Å². The minimum Gasteiger partial charge on any atom is -0.459 e. The lowest BCUT2D eigenvalue weighted by molar-refractivity contribution is -0.308. The van der Waals surface area contributed by atoms with Gasteiger partial charge in [-0.15, -0.1) is 0 Å². The Hall–Kier alpha value is -2.47. The molecule has 15 heteroatoms. The van der Waals surface area contributed by atoms with E-state index in [1.54, 1.807) is 40.7 Å². The van der Waals surface area contributed by atoms with Crippen LogP contribution >= 0.6 is 0 Å². The second kappa shape index (κ2) is 18.2. The standard InChI is InChI=1S/C37H58O15/c1-18-10-13-28(40)48-22(5)25(17-46-34-32(45-9)31(44-8)29(41)23(6)49-34)15-26(38)11-12-27(39)19(2)14-20(3)30(18)51-35-33(42)37(16-21(4)47-35)24(7)50-36(43)52-37/h10-13,18-26,29-35,38,41-42H,14-17H2,1-9H3/b12-11+,13-10+/t18?,19?,20?,21?,22?,23?,24?,25-,26?,29?,30?,31?,32?,33?,34?,35?,37?/m1/s1. The van der Waals surface area contributed by atoms with Gasteiger partial charge in [0, 0.05) is 44.5 Å². The summed E-state index contributed by atoms with van der Waals surface area (Å²) in [7, 11) is 2.91. The van der Waals surface area contributed by atoms with Gasteiger partial charge < -0.3 is 58.0 Å². The summed E-state index contributed by atoms with van der Waals surface area (Å²) in [6, 6.07) is 0. The van der Waals surface area contributed by atoms with Crippen LogP contribution < -0.4 is 0 Å². The second-order valence-corrected chi connectivity index (χ2v) is 14.9. The van der Waals surface area contributed by atoms with Crippen molar-refractivity contribution < 1.29 is 72.3 Å². The number of aliphatic hydroxyl groups is 3. The minimum absolute atomic E-state index is 0.0242. The highest BCUT2D eigenvalue weighted by molar-refractivity contribution is 5.91. The lowest BCUT2D eigenvalue weighted by Gasteiger charge is -2.46. The van der Waals surface area contributed by atoms with Crippen LogP contribution in [0.3, 0.4) is 0 Å². The van der Waals surface area contributed by atoms with E-state index in [1.807, 2.05) is 13.8 Å². The molecule has 0 amide bonds. The number of esters is 1. The molecule has 17 atom stereocenters. The molecular formula is C37H58O15. The Morgan fingerprint density at radius 2 is 1.50 bits per heavy atom. The fraction of sp³-hybridized carbons (Fsp3) is 0.811. The Balaban J connectivity index is 1.55. The molecule has 3 saturated heterocycles. The number of aliphatic hydroxyl groups excluding tert-OH is 3. The number of hydrogen-bond donors (Lipinski definition) is 3. The van der Waals surface area contributed by atoms with Crippen molar-refractivity contribution in [1.29, 1.82) is 0 Å². The molecule has 0 bridgehead atoms. The van der Waals surface area contributed by atoms with E-state index in [9.17, 15) is 29.7 Å². The molecule has 0 aromatic rings. The topological polar surface area (TPSA) is 195 Å². The van der Waals surface area contributed by atoms with Gasteiger partial charge in [0.05, 0.1) is 31.0 Å². The highest BCUT2D eigenvalue weighted by atomic mass is 16.8. The summed E-state index contributed by atoms with van der Waals surface area (Å²) in [5.41, 5.74) is -1.37. The number of rotatable bonds is 7. The third kappa shape index (κ3) is 9.79. The van der Waals surface area contributed by atoms with E-state index in [2.05, 4.69) is 0 Å². The largest absolute Gasteiger partial charge is 0.509 e. The van der Waals surface area contributed by atoms with Crippen LogP contribution in [0.15, 0.2) is 24.3 Å². The Morgan fingerprint density at radius 1 is 0.808 bits per heavy atom. The molecule has 1 spiro atoms. The monoisotopic (exact) mass is 742 g/mol. The molecule has 296 valence electrons. The number of carbonyl (C=O) groups is 3. The van der Waals surface area contributed by atoms with Gasteiger partial charge in [0.2, 0.25) is 0 Å². The third-order valence-electron chi connectivity index (χ3n) is 10.9. The Morgan fingerprint density at radius 3 is 2.13 bits per heavy atom. The fourth-order valence-corrected chi connectivity index (χ4v) is 7.68. The zero-order chi connectivity index (χ0) is 38.5. The molecule has 0 aromatic carbocycles. The summed E-state index contributed by atoms with van der Waals surface area (Å²) < 4.78 is 52.0. The predicted octanol–water partition coefficient (Wildman–Crippen LogP) is 2.61. The maximum Gasteiger partial charge on any atom is 0.509 e. The summed E-state index contributed by atoms with van der Waals surface area (Å²) >= 11 is 0. The van der Waals surface area contributed by atoms with Gasteiger partial charge in [-0.2, -0.15) is 0 Å². The number of methoxy groups -OCH3 is 2. The quantitative estimate of drug-likeness (QED) is 0.322. The minimum atomic E-state index is -1.38. The molecule has 0 radical (unpaired) electrons. The highest BCUT2D eigenvalue weighted by Crippen LogP contribution is 2.42. The lowest BCUT2D eigenvalue weighted by atomic mass is 9.82. The van der Waals surface area contributed by atoms with Gasteiger partial charge in [0.1, 0.15) is 36.6 Å². The van der Waals surface area contributed by atoms with Crippen molar-refractivity contribution in [2.75, 3.05) is 20.8 Å². The number of hydrogen-bond acceptors (Lipinski definition) is 15. The summed E-state index contributed by atoms with van der Waals surface area (Å²) in [4.78, 5) is 38.5. The van der Waals surface area contributed by atoms with E-state index < -0.39 is 109 Å². The zero-order valence-corrected chi connectivity index (χ0v) is 31.6. The normalized spacial score (nSPS) is 46.7. The molecular weight excluding hydrogens is 684 g/mol. The van der Waals surface area contributed by atoms with Crippen molar-refractivity contribution in [2.24, 2.45) is 23.7 Å². The highest BCUT2D eigenvalue weighted by Gasteiger charge is 2.61. The Kier molecular flexibility index (Phi) is 14.8. The maximum atomic E-state index is 13.3. The number of ketones is 1. The van der Waals surface area contributed by atoms with Gasteiger partial charge in [-0.25, -0.2) is 9.59 Å². The summed E-state index contributed by atoms with van der Waals surface area (Å²) in [6.07, 6.45) is -4.75. The molecule has 3 fully saturated rings. The van der Waals surface area contributed by atoms with Crippen LogP contribution in [0.25, 0.3) is 0 Å². The first-order valence-corrected chi connectivity index (χ1v) is 18.2. The Bertz CT molecular complexity index is 1270. The molecule has 3 N–H and O–H groups in total. The maximum absolute atomic E-state index is 13.3. The van der Waals surface area contributed by atoms with E-state index >= 15 is 0 Å². The van der Waals surface area contributed by atoms with E-state index in [1.165, 1.54) is 32.4 Å². The van der Waals surface area contributed by atoms with Crippen molar-refractivity contribution in [3.63, 3.8) is 0 Å². The molecule has 0 aliphatic carbocycles.